The fourth-order valence-electron chi connectivity index (χ4n) is 3.10. The lowest BCUT2D eigenvalue weighted by Crippen LogP contribution is -2.52. The summed E-state index contributed by atoms with van der Waals surface area (Å²) in [5, 5.41) is 6.01. The maximum atomic E-state index is 12.7. The van der Waals surface area contributed by atoms with Gasteiger partial charge in [-0.2, -0.15) is 0 Å². The molecular weight excluding hydrogens is 354 g/mol. The number of nitrogens with one attached hydrogen (secondary N) is 1. The topological polar surface area (TPSA) is 35.6 Å². The van der Waals surface area contributed by atoms with Crippen LogP contribution in [0.15, 0.2) is 41.8 Å². The van der Waals surface area contributed by atoms with Crippen molar-refractivity contribution in [1.29, 1.82) is 0 Å². The molecule has 6 heteroatoms. The summed E-state index contributed by atoms with van der Waals surface area (Å²) in [7, 11) is 0. The van der Waals surface area contributed by atoms with Crippen LogP contribution in [-0.2, 0) is 0 Å². The van der Waals surface area contributed by atoms with Gasteiger partial charge in [-0.1, -0.05) is 37.6 Å². The van der Waals surface area contributed by atoms with Gasteiger partial charge in [0.15, 0.2) is 0 Å². The molecule has 134 valence electrons. The number of piperazine rings is 1. The van der Waals surface area contributed by atoms with Crippen molar-refractivity contribution in [2.24, 2.45) is 5.92 Å². The SMILES string of the molecule is CC(C)[C@@H](NC(=O)N1CCN(c2cccc(Cl)c2)CC1)c1cccs1. The van der Waals surface area contributed by atoms with E-state index in [2.05, 4.69) is 41.6 Å². The van der Waals surface area contributed by atoms with Gasteiger partial charge >= 0.3 is 6.03 Å². The molecule has 0 saturated carbocycles. The second kappa shape index (κ2) is 8.11. The summed E-state index contributed by atoms with van der Waals surface area (Å²) in [5.41, 5.74) is 1.12. The molecule has 1 saturated heterocycles. The Morgan fingerprint density at radius 3 is 2.52 bits per heavy atom. The summed E-state index contributed by atoms with van der Waals surface area (Å²) in [6, 6.07) is 12.1. The van der Waals surface area contributed by atoms with E-state index in [1.165, 1.54) is 4.88 Å². The molecule has 0 aliphatic carbocycles. The molecule has 1 aromatic heterocycles. The summed E-state index contributed by atoms with van der Waals surface area (Å²) in [4.78, 5) is 18.1. The van der Waals surface area contributed by atoms with Crippen molar-refractivity contribution in [3.63, 3.8) is 0 Å². The van der Waals surface area contributed by atoms with E-state index in [-0.39, 0.29) is 12.1 Å². The normalized spacial score (nSPS) is 16.2. The summed E-state index contributed by atoms with van der Waals surface area (Å²) >= 11 is 7.77. The van der Waals surface area contributed by atoms with Gasteiger partial charge in [0.25, 0.3) is 0 Å². The molecule has 2 amide bonds. The number of anilines is 1. The van der Waals surface area contributed by atoms with Gasteiger partial charge < -0.3 is 15.1 Å². The number of hydrogen-bond donors (Lipinski definition) is 1. The first-order chi connectivity index (χ1) is 12.0. The molecule has 4 nitrogen and oxygen atoms in total. The van der Waals surface area contributed by atoms with E-state index < -0.39 is 0 Å². The molecule has 1 atom stereocenters. The molecular formula is C19H24ClN3OS. The summed E-state index contributed by atoms with van der Waals surface area (Å²) in [6.07, 6.45) is 0. The predicted octanol–water partition coefficient (Wildman–Crippen LogP) is 4.63. The van der Waals surface area contributed by atoms with Crippen molar-refractivity contribution in [3.8, 4) is 0 Å². The van der Waals surface area contributed by atoms with Crippen LogP contribution in [0.25, 0.3) is 0 Å². The first-order valence-corrected chi connectivity index (χ1v) is 9.89. The Morgan fingerprint density at radius 2 is 1.92 bits per heavy atom. The van der Waals surface area contributed by atoms with E-state index in [0.717, 1.165) is 23.8 Å². The second-order valence-electron chi connectivity index (χ2n) is 6.64. The number of carbonyl (C=O) groups excluding carboxylic acids is 1. The van der Waals surface area contributed by atoms with Crippen LogP contribution in [0, 0.1) is 5.92 Å². The van der Waals surface area contributed by atoms with Crippen LogP contribution in [0.5, 0.6) is 0 Å². The van der Waals surface area contributed by atoms with Gasteiger partial charge in [0.1, 0.15) is 0 Å². The summed E-state index contributed by atoms with van der Waals surface area (Å²) < 4.78 is 0. The zero-order valence-electron chi connectivity index (χ0n) is 14.6. The minimum absolute atomic E-state index is 0.0258. The predicted molar refractivity (Wildman–Crippen MR) is 106 cm³/mol. The molecule has 0 spiro atoms. The van der Waals surface area contributed by atoms with Gasteiger partial charge in [-0.25, -0.2) is 4.79 Å². The lowest BCUT2D eigenvalue weighted by Gasteiger charge is -2.37. The number of carbonyl (C=O) groups is 1. The van der Waals surface area contributed by atoms with E-state index in [9.17, 15) is 4.79 Å². The molecule has 2 aromatic rings. The number of rotatable bonds is 4. The van der Waals surface area contributed by atoms with Crippen LogP contribution in [-0.4, -0.2) is 37.1 Å². The zero-order valence-corrected chi connectivity index (χ0v) is 16.2. The van der Waals surface area contributed by atoms with E-state index in [0.29, 0.717) is 19.0 Å². The largest absolute Gasteiger partial charge is 0.368 e. The van der Waals surface area contributed by atoms with E-state index in [1.54, 1.807) is 11.3 Å². The fraction of sp³-hybridized carbons (Fsp3) is 0.421. The van der Waals surface area contributed by atoms with Crippen LogP contribution in [0.2, 0.25) is 5.02 Å². The van der Waals surface area contributed by atoms with Crippen molar-refractivity contribution < 1.29 is 4.79 Å². The first-order valence-electron chi connectivity index (χ1n) is 8.64. The van der Waals surface area contributed by atoms with Crippen LogP contribution in [0.1, 0.15) is 24.8 Å². The first kappa shape index (κ1) is 18.1. The second-order valence-corrected chi connectivity index (χ2v) is 8.06. The zero-order chi connectivity index (χ0) is 17.8. The van der Waals surface area contributed by atoms with E-state index in [4.69, 9.17) is 11.6 Å². The van der Waals surface area contributed by atoms with E-state index in [1.807, 2.05) is 29.2 Å². The minimum atomic E-state index is 0.0258. The molecule has 1 aliphatic rings. The number of benzene rings is 1. The monoisotopic (exact) mass is 377 g/mol. The van der Waals surface area contributed by atoms with Gasteiger partial charge in [-0.3, -0.25) is 0 Å². The lowest BCUT2D eigenvalue weighted by molar-refractivity contribution is 0.187. The van der Waals surface area contributed by atoms with E-state index >= 15 is 0 Å². The highest BCUT2D eigenvalue weighted by atomic mass is 35.5. The van der Waals surface area contributed by atoms with Gasteiger partial charge in [0, 0.05) is 41.8 Å². The Bertz CT molecular complexity index is 696. The quantitative estimate of drug-likeness (QED) is 0.843. The maximum absolute atomic E-state index is 12.7. The van der Waals surface area contributed by atoms with Gasteiger partial charge in [0.05, 0.1) is 6.04 Å². The molecule has 1 aliphatic heterocycles. The van der Waals surface area contributed by atoms with Crippen LogP contribution in [0.3, 0.4) is 0 Å². The number of amides is 2. The highest BCUT2D eigenvalue weighted by Crippen LogP contribution is 2.26. The van der Waals surface area contributed by atoms with Gasteiger partial charge in [0.2, 0.25) is 0 Å². The van der Waals surface area contributed by atoms with Crippen molar-refractivity contribution in [2.45, 2.75) is 19.9 Å². The number of nitrogens with zero attached hydrogens (tertiary/aromatic N) is 2. The van der Waals surface area contributed by atoms with Crippen LogP contribution >= 0.6 is 22.9 Å². The number of halogens is 1. The molecule has 0 bridgehead atoms. The summed E-state index contributed by atoms with van der Waals surface area (Å²) in [6.45, 7) is 7.35. The van der Waals surface area contributed by atoms with Crippen LogP contribution in [0.4, 0.5) is 10.5 Å². The molecule has 1 N–H and O–H groups in total. The third-order valence-electron chi connectivity index (χ3n) is 4.54. The number of thiophene rings is 1. The smallest absolute Gasteiger partial charge is 0.318 e. The Hall–Kier alpha value is -1.72. The van der Waals surface area contributed by atoms with Crippen LogP contribution < -0.4 is 10.2 Å². The highest BCUT2D eigenvalue weighted by Gasteiger charge is 2.25. The molecule has 25 heavy (non-hydrogen) atoms. The third kappa shape index (κ3) is 4.47. The third-order valence-corrected chi connectivity index (χ3v) is 5.73. The maximum Gasteiger partial charge on any atom is 0.318 e. The molecule has 0 unspecified atom stereocenters. The summed E-state index contributed by atoms with van der Waals surface area (Å²) in [5.74, 6) is 0.357. The Kier molecular flexibility index (Phi) is 5.86. The average Bonchev–Trinajstić information content (AvgIpc) is 3.13. The highest BCUT2D eigenvalue weighted by molar-refractivity contribution is 7.10. The molecule has 3 rings (SSSR count). The Balaban J connectivity index is 1.58. The standard InChI is InChI=1S/C19H24ClN3OS/c1-14(2)18(17-7-4-12-25-17)21-19(24)23-10-8-22(9-11-23)16-6-3-5-15(20)13-16/h3-7,12-14,18H,8-11H2,1-2H3,(H,21,24)/t18-/m1/s1. The van der Waals surface area contributed by atoms with Crippen molar-refractivity contribution >= 4 is 34.7 Å². The molecule has 0 radical (unpaired) electrons. The van der Waals surface area contributed by atoms with Crippen molar-refractivity contribution in [1.82, 2.24) is 10.2 Å². The Morgan fingerprint density at radius 1 is 1.16 bits per heavy atom. The molecule has 1 fully saturated rings. The number of hydrogen-bond acceptors (Lipinski definition) is 3. The van der Waals surface area contributed by atoms with Gasteiger partial charge in [-0.15, -0.1) is 11.3 Å². The minimum Gasteiger partial charge on any atom is -0.368 e. The van der Waals surface area contributed by atoms with Crippen molar-refractivity contribution in [3.05, 3.63) is 51.7 Å². The van der Waals surface area contributed by atoms with Crippen molar-refractivity contribution in [2.75, 3.05) is 31.1 Å². The molecule has 1 aromatic carbocycles. The average molecular weight is 378 g/mol. The number of urea groups is 1. The Labute approximate surface area is 158 Å². The fourth-order valence-corrected chi connectivity index (χ4v) is 4.23. The van der Waals surface area contributed by atoms with Gasteiger partial charge in [-0.05, 0) is 35.6 Å². The molecule has 2 heterocycles. The lowest BCUT2D eigenvalue weighted by atomic mass is 10.0.